The minimum atomic E-state index is -1.80. The Balaban J connectivity index is 0.000000218. The zero-order valence-corrected chi connectivity index (χ0v) is 38.4. The van der Waals surface area contributed by atoms with Gasteiger partial charge in [0.2, 0.25) is 0 Å². The standard InChI is InChI=1S/C29H48OSi.C22H32O2/c1-20(2)25-15-16-26-24(12-11-17-29(25,26)8)14-13-23-18-21(3)22(4)27(19-23)30-31(9,10)28(5,6)7;1-14(2)18-9-10-19-17(6-5-11-22(18,19)4)8-7-16-12-20(23)15(3)21(24)13-16/h13-14,21,26-27H,4,11-12,15-19H2,1-3,5-10H3;7-8,19-21,23-24H,3,5-6,9-13H2,1-2,4H3/b23-13-,24-14+;17-8+/t21-,26+,27-,29-;19-,20+,21+,22+/m10/s1. The summed E-state index contributed by atoms with van der Waals surface area (Å²) in [6.45, 7) is 36.5. The lowest BCUT2D eigenvalue weighted by Crippen LogP contribution is -2.45. The largest absolute Gasteiger partial charge is 0.410 e. The van der Waals surface area contributed by atoms with Crippen LogP contribution < -0.4 is 0 Å². The zero-order chi connectivity index (χ0) is 40.7. The number of rotatable bonds is 4. The molecule has 2 N–H and O–H groups in total. The van der Waals surface area contributed by atoms with Crippen molar-refractivity contribution in [3.63, 3.8) is 0 Å². The normalized spacial score (nSPS) is 36.5. The number of aliphatic hydroxyl groups excluding tert-OH is 2. The Hall–Kier alpha value is -1.98. The van der Waals surface area contributed by atoms with E-state index in [4.69, 9.17) is 4.43 Å². The molecular weight excluding hydrogens is 689 g/mol. The van der Waals surface area contributed by atoms with Crippen LogP contribution in [0, 0.1) is 28.6 Å². The average Bonchev–Trinajstić information content (AvgIpc) is 3.64. The van der Waals surface area contributed by atoms with E-state index in [2.05, 4.69) is 120 Å². The Morgan fingerprint density at radius 3 is 1.55 bits per heavy atom. The smallest absolute Gasteiger partial charge is 0.192 e. The van der Waals surface area contributed by atoms with Crippen molar-refractivity contribution >= 4 is 8.32 Å². The Kier molecular flexibility index (Phi) is 13.7. The highest BCUT2D eigenvalue weighted by Crippen LogP contribution is 2.59. The van der Waals surface area contributed by atoms with Gasteiger partial charge >= 0.3 is 0 Å². The van der Waals surface area contributed by atoms with Crippen molar-refractivity contribution in [2.24, 2.45) is 28.6 Å². The fourth-order valence-corrected chi connectivity index (χ4v) is 12.8. The maximum atomic E-state index is 10.0. The third-order valence-corrected chi connectivity index (χ3v) is 20.3. The summed E-state index contributed by atoms with van der Waals surface area (Å²) in [6.07, 6.45) is 24.8. The molecule has 6 aliphatic carbocycles. The summed E-state index contributed by atoms with van der Waals surface area (Å²) in [4.78, 5) is 0. The fourth-order valence-electron chi connectivity index (χ4n) is 11.5. The highest BCUT2D eigenvalue weighted by molar-refractivity contribution is 6.74. The van der Waals surface area contributed by atoms with E-state index in [9.17, 15) is 10.2 Å². The Bertz CT molecular complexity index is 1650. The first-order valence-corrected chi connectivity index (χ1v) is 25.0. The van der Waals surface area contributed by atoms with Gasteiger partial charge in [0, 0.05) is 0 Å². The molecule has 8 atom stereocenters. The van der Waals surface area contributed by atoms with Gasteiger partial charge in [0.15, 0.2) is 8.32 Å². The molecule has 6 fully saturated rings. The topological polar surface area (TPSA) is 49.7 Å². The van der Waals surface area contributed by atoms with Gasteiger partial charge in [0.25, 0.3) is 0 Å². The van der Waals surface area contributed by atoms with Crippen LogP contribution in [0.2, 0.25) is 18.1 Å². The zero-order valence-electron chi connectivity index (χ0n) is 37.4. The molecular formula is C51H80O3Si. The second kappa shape index (κ2) is 17.1. The molecule has 0 aliphatic heterocycles. The number of fused-ring (bicyclic) bond motifs is 2. The van der Waals surface area contributed by atoms with Crippen molar-refractivity contribution < 1.29 is 14.6 Å². The third kappa shape index (κ3) is 9.34. The highest BCUT2D eigenvalue weighted by Gasteiger charge is 2.47. The summed E-state index contributed by atoms with van der Waals surface area (Å²) in [5.74, 6) is 1.92. The molecule has 0 aromatic carbocycles. The predicted molar refractivity (Wildman–Crippen MR) is 238 cm³/mol. The molecule has 0 unspecified atom stereocenters. The molecule has 0 spiro atoms. The molecule has 6 saturated carbocycles. The minimum Gasteiger partial charge on any atom is -0.410 e. The monoisotopic (exact) mass is 769 g/mol. The van der Waals surface area contributed by atoms with Gasteiger partial charge in [0.05, 0.1) is 18.3 Å². The van der Waals surface area contributed by atoms with E-state index in [1.807, 2.05) is 0 Å². The molecule has 6 rings (SSSR count). The SMILES string of the molecule is C=C1[C@H](C)C/C(=C/C=C2\CCC[C@]3(C)C(=C(C)C)CC[C@@H]23)C[C@H]1O[Si](C)(C)C(C)(C)C.C=C1[C@H](O)CC(=C/C=C2\CCC[C@]3(C)C(=C(C)C)CC[C@@H]23)C[C@H]1O. The average molecular weight is 769 g/mol. The first-order chi connectivity index (χ1) is 25.6. The summed E-state index contributed by atoms with van der Waals surface area (Å²) in [6, 6.07) is 0. The number of hydrogen-bond acceptors (Lipinski definition) is 3. The molecule has 3 nitrogen and oxygen atoms in total. The molecule has 0 aromatic heterocycles. The van der Waals surface area contributed by atoms with E-state index < -0.39 is 20.5 Å². The van der Waals surface area contributed by atoms with Gasteiger partial charge in [-0.15, -0.1) is 0 Å². The van der Waals surface area contributed by atoms with Crippen molar-refractivity contribution in [3.05, 3.63) is 93.2 Å². The third-order valence-electron chi connectivity index (χ3n) is 15.8. The van der Waals surface area contributed by atoms with Crippen LogP contribution in [0.15, 0.2) is 93.2 Å². The molecule has 6 aliphatic rings. The predicted octanol–water partition coefficient (Wildman–Crippen LogP) is 14.0. The second-order valence-corrected chi connectivity index (χ2v) is 25.8. The molecule has 4 heteroatoms. The lowest BCUT2D eigenvalue weighted by Gasteiger charge is -2.42. The van der Waals surface area contributed by atoms with E-state index in [1.54, 1.807) is 33.4 Å². The van der Waals surface area contributed by atoms with Crippen molar-refractivity contribution in [1.82, 2.24) is 0 Å². The number of allylic oxidation sites excluding steroid dienone is 10. The van der Waals surface area contributed by atoms with Crippen LogP contribution in [0.3, 0.4) is 0 Å². The lowest BCUT2D eigenvalue weighted by atomic mass is 9.65. The van der Waals surface area contributed by atoms with Crippen molar-refractivity contribution in [1.29, 1.82) is 0 Å². The van der Waals surface area contributed by atoms with Crippen LogP contribution in [0.25, 0.3) is 0 Å². The minimum absolute atomic E-state index is 0.190. The lowest BCUT2D eigenvalue weighted by molar-refractivity contribution is 0.123. The molecule has 0 heterocycles. The highest BCUT2D eigenvalue weighted by atomic mass is 28.4. The van der Waals surface area contributed by atoms with Gasteiger partial charge in [-0.1, -0.05) is 124 Å². The maximum absolute atomic E-state index is 10.0. The summed E-state index contributed by atoms with van der Waals surface area (Å²) < 4.78 is 6.85. The second-order valence-electron chi connectivity index (χ2n) is 21.1. The molecule has 0 saturated heterocycles. The van der Waals surface area contributed by atoms with Gasteiger partial charge in [-0.2, -0.15) is 0 Å². The van der Waals surface area contributed by atoms with Gasteiger partial charge in [-0.25, -0.2) is 0 Å². The Morgan fingerprint density at radius 2 is 1.13 bits per heavy atom. The summed E-state index contributed by atoms with van der Waals surface area (Å²) in [5, 5.41) is 20.3. The van der Waals surface area contributed by atoms with Gasteiger partial charge in [0.1, 0.15) is 0 Å². The van der Waals surface area contributed by atoms with Crippen molar-refractivity contribution in [3.8, 4) is 0 Å². The van der Waals surface area contributed by atoms with Crippen LogP contribution in [-0.2, 0) is 4.43 Å². The van der Waals surface area contributed by atoms with Gasteiger partial charge < -0.3 is 14.6 Å². The summed E-state index contributed by atoms with van der Waals surface area (Å²) in [5.41, 5.74) is 15.1. The summed E-state index contributed by atoms with van der Waals surface area (Å²) in [7, 11) is -1.80. The Labute approximate surface area is 339 Å². The molecule has 0 radical (unpaired) electrons. The number of hydrogen-bond donors (Lipinski definition) is 2. The fraction of sp³-hybridized carbons (Fsp3) is 0.686. The van der Waals surface area contributed by atoms with Crippen LogP contribution in [0.5, 0.6) is 0 Å². The molecule has 55 heavy (non-hydrogen) atoms. The van der Waals surface area contributed by atoms with Gasteiger partial charge in [-0.05, 0) is 175 Å². The maximum Gasteiger partial charge on any atom is 0.192 e. The molecule has 0 bridgehead atoms. The van der Waals surface area contributed by atoms with Crippen LogP contribution in [0.1, 0.15) is 159 Å². The molecule has 0 aromatic rings. The Morgan fingerprint density at radius 1 is 0.691 bits per heavy atom. The van der Waals surface area contributed by atoms with E-state index in [-0.39, 0.29) is 11.1 Å². The quantitative estimate of drug-likeness (QED) is 0.221. The summed E-state index contributed by atoms with van der Waals surface area (Å²) >= 11 is 0. The van der Waals surface area contributed by atoms with E-state index >= 15 is 0 Å². The van der Waals surface area contributed by atoms with Crippen LogP contribution in [0.4, 0.5) is 0 Å². The van der Waals surface area contributed by atoms with E-state index in [0.717, 1.165) is 24.3 Å². The first-order valence-electron chi connectivity index (χ1n) is 22.1. The van der Waals surface area contributed by atoms with Crippen LogP contribution >= 0.6 is 0 Å². The van der Waals surface area contributed by atoms with Gasteiger partial charge in [-0.3, -0.25) is 0 Å². The number of aliphatic hydroxyl groups is 2. The van der Waals surface area contributed by atoms with Crippen molar-refractivity contribution in [2.75, 3.05) is 0 Å². The van der Waals surface area contributed by atoms with E-state index in [0.29, 0.717) is 41.1 Å². The van der Waals surface area contributed by atoms with E-state index in [1.165, 1.54) is 75.4 Å². The van der Waals surface area contributed by atoms with Crippen LogP contribution in [-0.4, -0.2) is 36.8 Å². The first kappa shape index (κ1) is 44.1. The molecule has 0 amide bonds. The molecule has 306 valence electrons. The van der Waals surface area contributed by atoms with Crippen molar-refractivity contribution in [2.45, 2.75) is 196 Å².